The van der Waals surface area contributed by atoms with Crippen molar-refractivity contribution < 1.29 is 9.59 Å². The van der Waals surface area contributed by atoms with Crippen molar-refractivity contribution in [3.63, 3.8) is 0 Å². The lowest BCUT2D eigenvalue weighted by Crippen LogP contribution is -2.39. The van der Waals surface area contributed by atoms with Gasteiger partial charge in [0, 0.05) is 20.0 Å². The van der Waals surface area contributed by atoms with Crippen molar-refractivity contribution in [3.8, 4) is 0 Å². The predicted molar refractivity (Wildman–Crippen MR) is 82.6 cm³/mol. The van der Waals surface area contributed by atoms with Gasteiger partial charge in [0.1, 0.15) is 0 Å². The molecule has 0 aromatic heterocycles. The number of nitrogens with one attached hydrogen (secondary N) is 1. The molecule has 4 nitrogen and oxygen atoms in total. The highest BCUT2D eigenvalue weighted by molar-refractivity contribution is 5.79. The normalized spacial score (nSPS) is 16.9. The molecule has 1 saturated carbocycles. The lowest BCUT2D eigenvalue weighted by molar-refractivity contribution is -0.132. The second kappa shape index (κ2) is 6.74. The summed E-state index contributed by atoms with van der Waals surface area (Å²) in [5, 5.41) is 2.88. The van der Waals surface area contributed by atoms with Gasteiger partial charge in [-0.1, -0.05) is 30.3 Å². The first-order valence-corrected chi connectivity index (χ1v) is 7.56. The van der Waals surface area contributed by atoms with Gasteiger partial charge < -0.3 is 10.2 Å². The van der Waals surface area contributed by atoms with Crippen LogP contribution in [0, 0.1) is 5.92 Å². The molecule has 0 saturated heterocycles. The van der Waals surface area contributed by atoms with E-state index in [0.29, 0.717) is 12.3 Å². The molecular formula is C17H24N2O2. The highest BCUT2D eigenvalue weighted by atomic mass is 16.2. The van der Waals surface area contributed by atoms with Gasteiger partial charge in [-0.3, -0.25) is 9.59 Å². The Kier molecular flexibility index (Phi) is 4.99. The topological polar surface area (TPSA) is 49.4 Å². The van der Waals surface area contributed by atoms with Gasteiger partial charge >= 0.3 is 0 Å². The molecule has 2 unspecified atom stereocenters. The number of amides is 2. The van der Waals surface area contributed by atoms with E-state index in [2.05, 4.69) is 12.2 Å². The van der Waals surface area contributed by atoms with Crippen molar-refractivity contribution in [1.82, 2.24) is 10.2 Å². The van der Waals surface area contributed by atoms with E-state index in [1.807, 2.05) is 42.3 Å². The Balaban J connectivity index is 2.03. The molecule has 0 bridgehead atoms. The summed E-state index contributed by atoms with van der Waals surface area (Å²) >= 11 is 0. The SMILES string of the molecule is CC(=O)NC(CC(=O)N(C)C(C)C1CC1)c1ccccc1. The second-order valence-electron chi connectivity index (χ2n) is 5.95. The van der Waals surface area contributed by atoms with Crippen LogP contribution in [0.1, 0.15) is 44.7 Å². The standard InChI is InChI=1S/C17H24N2O2/c1-12(14-9-10-14)19(3)17(21)11-16(18-13(2)20)15-7-5-4-6-8-15/h4-8,12,14,16H,9-11H2,1-3H3,(H,18,20). The van der Waals surface area contributed by atoms with Crippen LogP contribution in [0.25, 0.3) is 0 Å². The van der Waals surface area contributed by atoms with Crippen LogP contribution in [-0.4, -0.2) is 29.8 Å². The quantitative estimate of drug-likeness (QED) is 0.874. The number of hydrogen-bond acceptors (Lipinski definition) is 2. The Morgan fingerprint density at radius 3 is 2.43 bits per heavy atom. The van der Waals surface area contributed by atoms with Crippen molar-refractivity contribution >= 4 is 11.8 Å². The van der Waals surface area contributed by atoms with Crippen LogP contribution < -0.4 is 5.32 Å². The minimum Gasteiger partial charge on any atom is -0.349 e. The molecule has 0 spiro atoms. The van der Waals surface area contributed by atoms with Gasteiger partial charge in [-0.25, -0.2) is 0 Å². The van der Waals surface area contributed by atoms with Crippen molar-refractivity contribution in [2.24, 2.45) is 5.92 Å². The smallest absolute Gasteiger partial charge is 0.224 e. The summed E-state index contributed by atoms with van der Waals surface area (Å²) in [5.41, 5.74) is 0.966. The Bertz CT molecular complexity index is 497. The first kappa shape index (κ1) is 15.5. The van der Waals surface area contributed by atoms with Gasteiger partial charge in [0.25, 0.3) is 0 Å². The minimum absolute atomic E-state index is 0.0806. The molecule has 1 aliphatic carbocycles. The molecule has 1 aromatic rings. The van der Waals surface area contributed by atoms with Gasteiger partial charge in [0.2, 0.25) is 11.8 Å². The summed E-state index contributed by atoms with van der Waals surface area (Å²) in [6.45, 7) is 3.59. The predicted octanol–water partition coefficient (Wildman–Crippen LogP) is 2.51. The van der Waals surface area contributed by atoms with E-state index in [9.17, 15) is 9.59 Å². The van der Waals surface area contributed by atoms with Crippen molar-refractivity contribution in [1.29, 1.82) is 0 Å². The zero-order chi connectivity index (χ0) is 15.4. The highest BCUT2D eigenvalue weighted by Crippen LogP contribution is 2.35. The number of carbonyl (C=O) groups is 2. The molecule has 1 aromatic carbocycles. The number of rotatable bonds is 6. The molecular weight excluding hydrogens is 264 g/mol. The van der Waals surface area contributed by atoms with E-state index in [-0.39, 0.29) is 23.9 Å². The average molecular weight is 288 g/mol. The molecule has 0 radical (unpaired) electrons. The molecule has 2 atom stereocenters. The third kappa shape index (κ3) is 4.31. The van der Waals surface area contributed by atoms with E-state index in [0.717, 1.165) is 5.56 Å². The monoisotopic (exact) mass is 288 g/mol. The molecule has 21 heavy (non-hydrogen) atoms. The molecule has 2 amide bonds. The summed E-state index contributed by atoms with van der Waals surface area (Å²) in [6.07, 6.45) is 2.73. The zero-order valence-electron chi connectivity index (χ0n) is 13.0. The van der Waals surface area contributed by atoms with Crippen molar-refractivity contribution in [2.75, 3.05) is 7.05 Å². The molecule has 0 heterocycles. The van der Waals surface area contributed by atoms with Crippen LogP contribution in [0.3, 0.4) is 0 Å². The van der Waals surface area contributed by atoms with Gasteiger partial charge in [0.15, 0.2) is 0 Å². The van der Waals surface area contributed by atoms with Gasteiger partial charge in [-0.15, -0.1) is 0 Å². The molecule has 2 rings (SSSR count). The van der Waals surface area contributed by atoms with Crippen LogP contribution in [0.2, 0.25) is 0 Å². The fraction of sp³-hybridized carbons (Fsp3) is 0.529. The fourth-order valence-corrected chi connectivity index (χ4v) is 2.62. The summed E-state index contributed by atoms with van der Waals surface area (Å²) < 4.78 is 0. The van der Waals surface area contributed by atoms with E-state index in [4.69, 9.17) is 0 Å². The molecule has 4 heteroatoms. The molecule has 1 aliphatic rings. The van der Waals surface area contributed by atoms with Gasteiger partial charge in [-0.05, 0) is 31.2 Å². The van der Waals surface area contributed by atoms with Crippen LogP contribution in [0.15, 0.2) is 30.3 Å². The number of benzene rings is 1. The number of nitrogens with zero attached hydrogens (tertiary/aromatic N) is 1. The third-order valence-electron chi connectivity index (χ3n) is 4.27. The first-order chi connectivity index (χ1) is 9.99. The van der Waals surface area contributed by atoms with Gasteiger partial charge in [0.05, 0.1) is 12.5 Å². The number of carbonyl (C=O) groups excluding carboxylic acids is 2. The molecule has 0 aliphatic heterocycles. The maximum atomic E-state index is 12.5. The van der Waals surface area contributed by atoms with E-state index >= 15 is 0 Å². The van der Waals surface area contributed by atoms with Crippen LogP contribution in [-0.2, 0) is 9.59 Å². The molecule has 114 valence electrons. The van der Waals surface area contributed by atoms with Crippen LogP contribution >= 0.6 is 0 Å². The van der Waals surface area contributed by atoms with E-state index < -0.39 is 0 Å². The van der Waals surface area contributed by atoms with E-state index in [1.165, 1.54) is 19.8 Å². The summed E-state index contributed by atoms with van der Waals surface area (Å²) in [6, 6.07) is 9.68. The Morgan fingerprint density at radius 1 is 1.29 bits per heavy atom. The molecule has 1 fully saturated rings. The Hall–Kier alpha value is -1.84. The lowest BCUT2D eigenvalue weighted by Gasteiger charge is -2.27. The Labute approximate surface area is 126 Å². The molecule has 1 N–H and O–H groups in total. The van der Waals surface area contributed by atoms with Crippen LogP contribution in [0.4, 0.5) is 0 Å². The first-order valence-electron chi connectivity index (χ1n) is 7.56. The van der Waals surface area contributed by atoms with Crippen molar-refractivity contribution in [3.05, 3.63) is 35.9 Å². The minimum atomic E-state index is -0.259. The maximum Gasteiger partial charge on any atom is 0.224 e. The fourth-order valence-electron chi connectivity index (χ4n) is 2.62. The number of hydrogen-bond donors (Lipinski definition) is 1. The maximum absolute atomic E-state index is 12.5. The zero-order valence-corrected chi connectivity index (χ0v) is 13.0. The lowest BCUT2D eigenvalue weighted by atomic mass is 10.0. The second-order valence-corrected chi connectivity index (χ2v) is 5.95. The average Bonchev–Trinajstić information content (AvgIpc) is 3.30. The summed E-state index contributed by atoms with van der Waals surface area (Å²) in [7, 11) is 1.86. The van der Waals surface area contributed by atoms with Crippen molar-refractivity contribution in [2.45, 2.75) is 45.2 Å². The third-order valence-corrected chi connectivity index (χ3v) is 4.27. The Morgan fingerprint density at radius 2 is 1.90 bits per heavy atom. The summed E-state index contributed by atoms with van der Waals surface area (Å²) in [4.78, 5) is 25.7. The summed E-state index contributed by atoms with van der Waals surface area (Å²) in [5.74, 6) is 0.612. The highest BCUT2D eigenvalue weighted by Gasteiger charge is 2.33. The largest absolute Gasteiger partial charge is 0.349 e. The van der Waals surface area contributed by atoms with E-state index in [1.54, 1.807) is 0 Å². The van der Waals surface area contributed by atoms with Gasteiger partial charge in [-0.2, -0.15) is 0 Å². The van der Waals surface area contributed by atoms with Crippen LogP contribution in [0.5, 0.6) is 0 Å².